The first-order valence-corrected chi connectivity index (χ1v) is 5.36. The van der Waals surface area contributed by atoms with Crippen molar-refractivity contribution in [3.63, 3.8) is 0 Å². The molecule has 0 amide bonds. The normalized spacial score (nSPS) is 12.5. The molecular weight excluding hydrogens is 202 g/mol. The second-order valence-corrected chi connectivity index (χ2v) is 5.18. The molecule has 0 fully saturated rings. The fourth-order valence-electron chi connectivity index (χ4n) is 1.48. The van der Waals surface area contributed by atoms with Crippen LogP contribution in [0.5, 0.6) is 0 Å². The van der Waals surface area contributed by atoms with E-state index >= 15 is 0 Å². The number of hydrogen-bond acceptors (Lipinski definition) is 2. The SMILES string of the molecule is CC(C)(C(=O)[O-])[N+](C)(C)Cc1ccccc1. The van der Waals surface area contributed by atoms with Gasteiger partial charge in [0.15, 0.2) is 0 Å². The van der Waals surface area contributed by atoms with Crippen molar-refractivity contribution in [3.05, 3.63) is 35.9 Å². The third-order valence-corrected chi connectivity index (χ3v) is 3.43. The summed E-state index contributed by atoms with van der Waals surface area (Å²) in [6, 6.07) is 9.88. The van der Waals surface area contributed by atoms with Crippen molar-refractivity contribution in [1.82, 2.24) is 0 Å². The molecule has 0 N–H and O–H groups in total. The molecule has 88 valence electrons. The summed E-state index contributed by atoms with van der Waals surface area (Å²) in [5.41, 5.74) is 0.220. The molecule has 0 aliphatic heterocycles. The van der Waals surface area contributed by atoms with Gasteiger partial charge in [0.1, 0.15) is 18.1 Å². The lowest BCUT2D eigenvalue weighted by atomic mass is 9.99. The Bertz CT molecular complexity index is 369. The van der Waals surface area contributed by atoms with E-state index in [9.17, 15) is 9.90 Å². The van der Waals surface area contributed by atoms with Gasteiger partial charge in [-0.25, -0.2) is 0 Å². The highest BCUT2D eigenvalue weighted by molar-refractivity contribution is 5.73. The van der Waals surface area contributed by atoms with E-state index in [0.29, 0.717) is 11.0 Å². The van der Waals surface area contributed by atoms with Crippen LogP contribution in [0, 0.1) is 0 Å². The van der Waals surface area contributed by atoms with E-state index in [1.165, 1.54) is 0 Å². The van der Waals surface area contributed by atoms with E-state index in [1.807, 2.05) is 44.4 Å². The molecule has 0 saturated heterocycles. The van der Waals surface area contributed by atoms with E-state index in [2.05, 4.69) is 0 Å². The Hall–Kier alpha value is -1.35. The van der Waals surface area contributed by atoms with Crippen LogP contribution in [0.3, 0.4) is 0 Å². The van der Waals surface area contributed by atoms with Gasteiger partial charge in [-0.2, -0.15) is 0 Å². The third kappa shape index (κ3) is 2.42. The molecule has 0 atom stereocenters. The molecule has 3 heteroatoms. The first-order chi connectivity index (χ1) is 7.27. The Morgan fingerprint density at radius 2 is 1.75 bits per heavy atom. The van der Waals surface area contributed by atoms with Gasteiger partial charge in [-0.3, -0.25) is 0 Å². The molecule has 0 aliphatic rings. The van der Waals surface area contributed by atoms with Crippen molar-refractivity contribution < 1.29 is 14.4 Å². The van der Waals surface area contributed by atoms with Crippen LogP contribution < -0.4 is 5.11 Å². The van der Waals surface area contributed by atoms with Crippen LogP contribution in [0.2, 0.25) is 0 Å². The summed E-state index contributed by atoms with van der Waals surface area (Å²) in [6.07, 6.45) is 0. The van der Waals surface area contributed by atoms with Crippen molar-refractivity contribution in [2.75, 3.05) is 14.1 Å². The topological polar surface area (TPSA) is 40.1 Å². The minimum absolute atomic E-state index is 0.360. The van der Waals surface area contributed by atoms with Crippen molar-refractivity contribution in [3.8, 4) is 0 Å². The van der Waals surface area contributed by atoms with Gasteiger partial charge in [-0.05, 0) is 13.8 Å². The van der Waals surface area contributed by atoms with Crippen molar-refractivity contribution >= 4 is 5.97 Å². The lowest BCUT2D eigenvalue weighted by Crippen LogP contribution is -2.63. The molecule has 3 nitrogen and oxygen atoms in total. The monoisotopic (exact) mass is 221 g/mol. The van der Waals surface area contributed by atoms with E-state index in [-0.39, 0.29) is 0 Å². The highest BCUT2D eigenvalue weighted by Gasteiger charge is 2.37. The van der Waals surface area contributed by atoms with Crippen LogP contribution in [0.1, 0.15) is 19.4 Å². The fraction of sp³-hybridized carbons (Fsp3) is 0.462. The van der Waals surface area contributed by atoms with E-state index in [0.717, 1.165) is 5.56 Å². The summed E-state index contributed by atoms with van der Waals surface area (Å²) < 4.78 is 0.360. The second-order valence-electron chi connectivity index (χ2n) is 5.18. The molecule has 0 saturated carbocycles. The van der Waals surface area contributed by atoms with Crippen LogP contribution in [0.25, 0.3) is 0 Å². The maximum Gasteiger partial charge on any atom is 0.133 e. The first kappa shape index (κ1) is 12.7. The van der Waals surface area contributed by atoms with Crippen LogP contribution in [-0.4, -0.2) is 30.1 Å². The van der Waals surface area contributed by atoms with E-state index in [4.69, 9.17) is 0 Å². The number of quaternary nitrogens is 1. The molecule has 0 radical (unpaired) electrons. The lowest BCUT2D eigenvalue weighted by Gasteiger charge is -2.45. The Balaban J connectivity index is 2.92. The predicted octanol–water partition coefficient (Wildman–Crippen LogP) is 0.792. The molecule has 0 heterocycles. The third-order valence-electron chi connectivity index (χ3n) is 3.43. The smallest absolute Gasteiger partial charge is 0.133 e. The number of nitrogens with zero attached hydrogens (tertiary/aromatic N) is 1. The van der Waals surface area contributed by atoms with Crippen molar-refractivity contribution in [1.29, 1.82) is 0 Å². The average Bonchev–Trinajstić information content (AvgIpc) is 2.18. The number of carboxylic acids is 1. The van der Waals surface area contributed by atoms with Gasteiger partial charge in [0.2, 0.25) is 0 Å². The molecule has 0 unspecified atom stereocenters. The molecule has 0 aliphatic carbocycles. The molecule has 0 bridgehead atoms. The molecule has 1 aromatic rings. The molecule has 0 spiro atoms. The van der Waals surface area contributed by atoms with Crippen LogP contribution in [0.15, 0.2) is 30.3 Å². The number of rotatable bonds is 4. The predicted molar refractivity (Wildman–Crippen MR) is 61.3 cm³/mol. The second kappa shape index (κ2) is 4.26. The van der Waals surface area contributed by atoms with Gasteiger partial charge in [0, 0.05) is 5.56 Å². The minimum atomic E-state index is -1.02. The zero-order valence-corrected chi connectivity index (χ0v) is 10.4. The van der Waals surface area contributed by atoms with E-state index < -0.39 is 11.5 Å². The number of carbonyl (C=O) groups is 1. The number of likely N-dealkylation sites (N-methyl/N-ethyl adjacent to an activating group) is 1. The molecule has 1 rings (SSSR count). The van der Waals surface area contributed by atoms with E-state index in [1.54, 1.807) is 13.8 Å². The highest BCUT2D eigenvalue weighted by Crippen LogP contribution is 2.22. The molecule has 16 heavy (non-hydrogen) atoms. The molecular formula is C13H19NO2. The van der Waals surface area contributed by atoms with Gasteiger partial charge < -0.3 is 14.4 Å². The van der Waals surface area contributed by atoms with Gasteiger partial charge in [-0.1, -0.05) is 30.3 Å². The maximum atomic E-state index is 11.1. The van der Waals surface area contributed by atoms with Crippen molar-refractivity contribution in [2.24, 2.45) is 0 Å². The lowest BCUT2D eigenvalue weighted by molar-refractivity contribution is -0.942. The molecule has 1 aromatic carbocycles. The van der Waals surface area contributed by atoms with Gasteiger partial charge in [0.05, 0.1) is 14.1 Å². The van der Waals surface area contributed by atoms with Crippen LogP contribution in [-0.2, 0) is 11.3 Å². The van der Waals surface area contributed by atoms with Gasteiger partial charge in [-0.15, -0.1) is 0 Å². The first-order valence-electron chi connectivity index (χ1n) is 5.36. The largest absolute Gasteiger partial charge is 0.544 e. The summed E-state index contributed by atoms with van der Waals surface area (Å²) in [7, 11) is 3.81. The zero-order valence-electron chi connectivity index (χ0n) is 10.4. The quantitative estimate of drug-likeness (QED) is 0.705. The Morgan fingerprint density at radius 3 is 2.19 bits per heavy atom. The van der Waals surface area contributed by atoms with Crippen LogP contribution >= 0.6 is 0 Å². The Kier molecular flexibility index (Phi) is 3.38. The minimum Gasteiger partial charge on any atom is -0.544 e. The number of aliphatic carboxylic acids is 1. The summed E-state index contributed by atoms with van der Waals surface area (Å²) in [4.78, 5) is 11.1. The highest BCUT2D eigenvalue weighted by atomic mass is 16.4. The summed E-state index contributed by atoms with van der Waals surface area (Å²) in [5.74, 6) is -1.02. The number of carbonyl (C=O) groups excluding carboxylic acids is 1. The molecule has 0 aromatic heterocycles. The standard InChI is InChI=1S/C13H19NO2/c1-13(2,12(15)16)14(3,4)10-11-8-6-5-7-9-11/h5-9H,10H2,1-4H3. The average molecular weight is 221 g/mol. The maximum absolute atomic E-state index is 11.1. The number of benzene rings is 1. The number of hydrogen-bond donors (Lipinski definition) is 0. The number of carboxylic acid groups (broad SMARTS) is 1. The summed E-state index contributed by atoms with van der Waals surface area (Å²) >= 11 is 0. The Labute approximate surface area is 96.9 Å². The Morgan fingerprint density at radius 1 is 1.25 bits per heavy atom. The summed E-state index contributed by atoms with van der Waals surface area (Å²) in [6.45, 7) is 4.07. The zero-order chi connectivity index (χ0) is 12.4. The summed E-state index contributed by atoms with van der Waals surface area (Å²) in [5, 5.41) is 11.1. The fourth-order valence-corrected chi connectivity index (χ4v) is 1.48. The van der Waals surface area contributed by atoms with Gasteiger partial charge in [0.25, 0.3) is 0 Å². The van der Waals surface area contributed by atoms with Gasteiger partial charge >= 0.3 is 0 Å². The van der Waals surface area contributed by atoms with Crippen molar-refractivity contribution in [2.45, 2.75) is 25.9 Å². The van der Waals surface area contributed by atoms with Crippen LogP contribution in [0.4, 0.5) is 0 Å².